The fourth-order valence-corrected chi connectivity index (χ4v) is 3.40. The average Bonchev–Trinajstić information content (AvgIpc) is 3.07. The Kier molecular flexibility index (Phi) is 5.96. The number of nitrogens with zero attached hydrogens (tertiary/aromatic N) is 3. The van der Waals surface area contributed by atoms with Gasteiger partial charge in [0.15, 0.2) is 5.69 Å². The molecule has 2 atom stereocenters. The van der Waals surface area contributed by atoms with Gasteiger partial charge in [0.05, 0.1) is 6.20 Å². The molecular weight excluding hydrogens is 306 g/mol. The van der Waals surface area contributed by atoms with Crippen LogP contribution in [0.25, 0.3) is 0 Å². The van der Waals surface area contributed by atoms with Crippen LogP contribution >= 0.6 is 0 Å². The minimum Gasteiger partial charge on any atom is -0.351 e. The maximum atomic E-state index is 12.9. The van der Waals surface area contributed by atoms with Gasteiger partial charge in [-0.3, -0.25) is 9.59 Å². The monoisotopic (exact) mass is 335 g/mol. The van der Waals surface area contributed by atoms with Crippen LogP contribution in [0.2, 0.25) is 0 Å². The molecule has 2 amide bonds. The number of amides is 2. The number of aromatic nitrogens is 3. The number of aromatic amines is 1. The Morgan fingerprint density at radius 3 is 2.83 bits per heavy atom. The lowest BCUT2D eigenvalue weighted by atomic mass is 9.68. The highest BCUT2D eigenvalue weighted by Crippen LogP contribution is 2.41. The van der Waals surface area contributed by atoms with Crippen molar-refractivity contribution < 1.29 is 9.59 Å². The predicted octanol–water partition coefficient (Wildman–Crippen LogP) is 1.99. The van der Waals surface area contributed by atoms with Crippen LogP contribution in [0.5, 0.6) is 0 Å². The third-order valence-electron chi connectivity index (χ3n) is 5.31. The van der Waals surface area contributed by atoms with Crippen LogP contribution in [0.15, 0.2) is 6.20 Å². The number of hydrogen-bond donors (Lipinski definition) is 2. The third kappa shape index (κ3) is 4.33. The van der Waals surface area contributed by atoms with Crippen molar-refractivity contribution in [3.8, 4) is 0 Å². The molecule has 0 spiro atoms. The van der Waals surface area contributed by atoms with Crippen molar-refractivity contribution in [3.05, 3.63) is 11.9 Å². The van der Waals surface area contributed by atoms with Crippen LogP contribution in [0.4, 0.5) is 0 Å². The molecule has 7 heteroatoms. The Hall–Kier alpha value is -1.92. The zero-order valence-corrected chi connectivity index (χ0v) is 15.1. The minimum atomic E-state index is -0.252. The zero-order chi connectivity index (χ0) is 17.7. The summed E-state index contributed by atoms with van der Waals surface area (Å²) >= 11 is 0. The molecule has 1 aromatic rings. The molecule has 1 aliphatic carbocycles. The van der Waals surface area contributed by atoms with E-state index < -0.39 is 0 Å². The number of carbonyl (C=O) groups is 2. The van der Waals surface area contributed by atoms with Crippen molar-refractivity contribution in [2.45, 2.75) is 58.9 Å². The number of H-pyrrole nitrogens is 1. The van der Waals surface area contributed by atoms with Gasteiger partial charge in [0, 0.05) is 25.6 Å². The second-order valence-electron chi connectivity index (χ2n) is 7.48. The number of rotatable bonds is 6. The standard InChI is InChI=1S/C17H29N5O2/c1-12(8-10-18-15(23)14-11-19-21-20-14)22(4)16(24)13-7-5-6-9-17(13,2)3/h11-13H,5-10H2,1-4H3,(H,18,23)(H,19,20,21). The van der Waals surface area contributed by atoms with Gasteiger partial charge in [0.25, 0.3) is 5.91 Å². The predicted molar refractivity (Wildman–Crippen MR) is 91.3 cm³/mol. The normalized spacial score (nSPS) is 21.1. The van der Waals surface area contributed by atoms with Gasteiger partial charge in [-0.1, -0.05) is 26.7 Å². The van der Waals surface area contributed by atoms with Crippen molar-refractivity contribution >= 4 is 11.8 Å². The van der Waals surface area contributed by atoms with E-state index in [1.165, 1.54) is 12.6 Å². The SMILES string of the molecule is CC(CCNC(=O)c1cn[nH]n1)N(C)C(=O)C1CCCCC1(C)C. The second kappa shape index (κ2) is 7.77. The van der Waals surface area contributed by atoms with Crippen molar-refractivity contribution in [2.75, 3.05) is 13.6 Å². The molecule has 0 radical (unpaired) electrons. The Morgan fingerprint density at radius 1 is 1.46 bits per heavy atom. The van der Waals surface area contributed by atoms with E-state index in [0.29, 0.717) is 13.0 Å². The summed E-state index contributed by atoms with van der Waals surface area (Å²) in [5.74, 6) is 0.0804. The molecule has 1 aromatic heterocycles. The van der Waals surface area contributed by atoms with Gasteiger partial charge in [-0.15, -0.1) is 0 Å². The van der Waals surface area contributed by atoms with Crippen LogP contribution in [-0.2, 0) is 4.79 Å². The topological polar surface area (TPSA) is 91.0 Å². The lowest BCUT2D eigenvalue weighted by molar-refractivity contribution is -0.141. The molecule has 1 fully saturated rings. The first-order chi connectivity index (χ1) is 11.3. The Morgan fingerprint density at radius 2 is 2.21 bits per heavy atom. The Labute approximate surface area is 143 Å². The van der Waals surface area contributed by atoms with Gasteiger partial charge in [0.2, 0.25) is 5.91 Å². The molecule has 2 N–H and O–H groups in total. The maximum absolute atomic E-state index is 12.9. The quantitative estimate of drug-likeness (QED) is 0.832. The molecule has 2 unspecified atom stereocenters. The van der Waals surface area contributed by atoms with Crippen LogP contribution in [0.3, 0.4) is 0 Å². The fraction of sp³-hybridized carbons (Fsp3) is 0.765. The first-order valence-corrected chi connectivity index (χ1v) is 8.73. The van der Waals surface area contributed by atoms with E-state index in [4.69, 9.17) is 0 Å². The average molecular weight is 335 g/mol. The van der Waals surface area contributed by atoms with Gasteiger partial charge in [0.1, 0.15) is 0 Å². The van der Waals surface area contributed by atoms with E-state index in [9.17, 15) is 9.59 Å². The third-order valence-corrected chi connectivity index (χ3v) is 5.31. The van der Waals surface area contributed by atoms with Crippen molar-refractivity contribution in [3.63, 3.8) is 0 Å². The molecule has 24 heavy (non-hydrogen) atoms. The van der Waals surface area contributed by atoms with Gasteiger partial charge in [-0.2, -0.15) is 15.4 Å². The molecule has 1 saturated carbocycles. The van der Waals surface area contributed by atoms with E-state index in [0.717, 1.165) is 19.3 Å². The lowest BCUT2D eigenvalue weighted by Crippen LogP contribution is -2.46. The smallest absolute Gasteiger partial charge is 0.273 e. The number of carbonyl (C=O) groups excluding carboxylic acids is 2. The summed E-state index contributed by atoms with van der Waals surface area (Å²) in [6, 6.07) is 0.0767. The second-order valence-corrected chi connectivity index (χ2v) is 7.48. The molecule has 134 valence electrons. The van der Waals surface area contributed by atoms with E-state index >= 15 is 0 Å². The maximum Gasteiger partial charge on any atom is 0.273 e. The molecule has 2 rings (SSSR count). The highest BCUT2D eigenvalue weighted by molar-refractivity contribution is 5.91. The summed E-state index contributed by atoms with van der Waals surface area (Å²) < 4.78 is 0. The van der Waals surface area contributed by atoms with Crippen LogP contribution in [0, 0.1) is 11.3 Å². The summed E-state index contributed by atoms with van der Waals surface area (Å²) in [4.78, 5) is 26.5. The van der Waals surface area contributed by atoms with E-state index in [1.54, 1.807) is 0 Å². The summed E-state index contributed by atoms with van der Waals surface area (Å²) in [6.07, 6.45) is 6.53. The van der Waals surface area contributed by atoms with E-state index in [-0.39, 0.29) is 34.9 Å². The van der Waals surface area contributed by atoms with E-state index in [2.05, 4.69) is 34.6 Å². The molecule has 0 aliphatic heterocycles. The molecule has 0 aromatic carbocycles. The Balaban J connectivity index is 1.81. The van der Waals surface area contributed by atoms with Gasteiger partial charge in [-0.05, 0) is 31.6 Å². The van der Waals surface area contributed by atoms with Crippen LogP contribution in [-0.4, -0.2) is 51.8 Å². The first-order valence-electron chi connectivity index (χ1n) is 8.73. The summed E-state index contributed by atoms with van der Waals surface area (Å²) in [5.41, 5.74) is 0.348. The summed E-state index contributed by atoms with van der Waals surface area (Å²) in [7, 11) is 1.87. The number of hydrogen-bond acceptors (Lipinski definition) is 4. The highest BCUT2D eigenvalue weighted by Gasteiger charge is 2.39. The van der Waals surface area contributed by atoms with Crippen molar-refractivity contribution in [1.82, 2.24) is 25.6 Å². The van der Waals surface area contributed by atoms with Gasteiger partial charge >= 0.3 is 0 Å². The lowest BCUT2D eigenvalue weighted by Gasteiger charge is -2.40. The molecule has 1 heterocycles. The molecule has 7 nitrogen and oxygen atoms in total. The Bertz CT molecular complexity index is 555. The summed E-state index contributed by atoms with van der Waals surface area (Å²) in [5, 5.41) is 12.6. The molecule has 0 saturated heterocycles. The largest absolute Gasteiger partial charge is 0.351 e. The first kappa shape index (κ1) is 18.4. The van der Waals surface area contributed by atoms with Crippen molar-refractivity contribution in [1.29, 1.82) is 0 Å². The van der Waals surface area contributed by atoms with Gasteiger partial charge in [-0.25, -0.2) is 0 Å². The minimum absolute atomic E-state index is 0.0739. The van der Waals surface area contributed by atoms with Crippen LogP contribution < -0.4 is 5.32 Å². The molecule has 0 bridgehead atoms. The zero-order valence-electron chi connectivity index (χ0n) is 15.1. The fourth-order valence-electron chi connectivity index (χ4n) is 3.40. The molecular formula is C17H29N5O2. The number of nitrogens with one attached hydrogen (secondary N) is 2. The highest BCUT2D eigenvalue weighted by atomic mass is 16.2. The van der Waals surface area contributed by atoms with Crippen LogP contribution in [0.1, 0.15) is 63.4 Å². The summed E-state index contributed by atoms with van der Waals surface area (Å²) in [6.45, 7) is 6.92. The molecule has 1 aliphatic rings. The van der Waals surface area contributed by atoms with Gasteiger partial charge < -0.3 is 10.2 Å². The van der Waals surface area contributed by atoms with E-state index in [1.807, 2.05) is 18.9 Å². The van der Waals surface area contributed by atoms with Crippen molar-refractivity contribution in [2.24, 2.45) is 11.3 Å².